The number of aromatic nitrogens is 3. The van der Waals surface area contributed by atoms with Crippen LogP contribution in [0.3, 0.4) is 0 Å². The molecule has 2 aromatic heterocycles. The second kappa shape index (κ2) is 7.56. The summed E-state index contributed by atoms with van der Waals surface area (Å²) in [5.74, 6) is 0.0559. The predicted octanol–water partition coefficient (Wildman–Crippen LogP) is 4.16. The Balaban J connectivity index is 1.27. The van der Waals surface area contributed by atoms with Crippen molar-refractivity contribution in [3.05, 3.63) is 72.8 Å². The summed E-state index contributed by atoms with van der Waals surface area (Å²) in [4.78, 5) is 25.7. The van der Waals surface area contributed by atoms with Crippen LogP contribution in [0.5, 0.6) is 0 Å². The van der Waals surface area contributed by atoms with Gasteiger partial charge in [0.2, 0.25) is 5.91 Å². The molecule has 6 heteroatoms. The molecule has 29 heavy (non-hydrogen) atoms. The molecule has 3 heterocycles. The molecule has 1 atom stereocenters. The van der Waals surface area contributed by atoms with Crippen LogP contribution in [0.25, 0.3) is 22.2 Å². The highest BCUT2D eigenvalue weighted by Crippen LogP contribution is 2.26. The van der Waals surface area contributed by atoms with E-state index in [9.17, 15) is 4.79 Å². The highest BCUT2D eigenvalue weighted by molar-refractivity contribution is 5.95. The topological polar surface area (TPSA) is 76.8 Å². The monoisotopic (exact) mass is 385 g/mol. The first-order valence-electron chi connectivity index (χ1n) is 9.97. The first-order chi connectivity index (χ1) is 14.3. The third-order valence-electron chi connectivity index (χ3n) is 5.59. The Morgan fingerprint density at radius 2 is 2.03 bits per heavy atom. The number of H-pyrrole nitrogens is 2. The van der Waals surface area contributed by atoms with Crippen molar-refractivity contribution in [3.8, 4) is 11.3 Å². The Bertz CT molecular complexity index is 1080. The normalized spacial score (nSPS) is 17.0. The number of imidazole rings is 1. The van der Waals surface area contributed by atoms with Gasteiger partial charge in [-0.05, 0) is 49.2 Å². The van der Waals surface area contributed by atoms with Gasteiger partial charge in [-0.3, -0.25) is 9.69 Å². The highest BCUT2D eigenvalue weighted by Gasteiger charge is 2.30. The Morgan fingerprint density at radius 1 is 1.17 bits per heavy atom. The molecule has 1 fully saturated rings. The lowest BCUT2D eigenvalue weighted by molar-refractivity contribution is -0.120. The maximum absolute atomic E-state index is 12.8. The van der Waals surface area contributed by atoms with E-state index in [0.29, 0.717) is 0 Å². The summed E-state index contributed by atoms with van der Waals surface area (Å²) in [5, 5.41) is 4.28. The lowest BCUT2D eigenvalue weighted by atomic mass is 10.1. The zero-order chi connectivity index (χ0) is 19.6. The number of carbonyl (C=O) groups is 1. The van der Waals surface area contributed by atoms with Gasteiger partial charge in [0.15, 0.2) is 0 Å². The molecule has 146 valence electrons. The molecule has 1 unspecified atom stereocenters. The minimum absolute atomic E-state index is 0.0559. The van der Waals surface area contributed by atoms with Crippen molar-refractivity contribution in [2.75, 3.05) is 11.9 Å². The minimum atomic E-state index is -0.105. The molecule has 1 aliphatic rings. The van der Waals surface area contributed by atoms with E-state index < -0.39 is 0 Å². The van der Waals surface area contributed by atoms with Crippen LogP contribution in [-0.2, 0) is 11.3 Å². The molecule has 1 aliphatic heterocycles. The summed E-state index contributed by atoms with van der Waals surface area (Å²) in [6, 6.07) is 18.3. The SMILES string of the molecule is O=C(Nc1ccc(-c2cc3ccccc3[nH]2)cc1)C1CCCN1Cc1cnc[nH]1. The Labute approximate surface area is 169 Å². The van der Waals surface area contributed by atoms with E-state index in [0.717, 1.165) is 54.1 Å². The number of fused-ring (bicyclic) bond motifs is 1. The number of para-hydroxylation sites is 1. The molecule has 5 rings (SSSR count). The van der Waals surface area contributed by atoms with Crippen LogP contribution in [-0.4, -0.2) is 38.3 Å². The smallest absolute Gasteiger partial charge is 0.241 e. The number of anilines is 1. The van der Waals surface area contributed by atoms with E-state index in [1.807, 2.05) is 42.6 Å². The van der Waals surface area contributed by atoms with Gasteiger partial charge in [0.25, 0.3) is 0 Å². The molecule has 0 radical (unpaired) electrons. The fourth-order valence-corrected chi connectivity index (χ4v) is 4.09. The van der Waals surface area contributed by atoms with E-state index >= 15 is 0 Å². The van der Waals surface area contributed by atoms with E-state index in [1.165, 1.54) is 5.39 Å². The maximum Gasteiger partial charge on any atom is 0.241 e. The molecule has 3 N–H and O–H groups in total. The predicted molar refractivity (Wildman–Crippen MR) is 114 cm³/mol. The molecule has 0 aliphatic carbocycles. The highest BCUT2D eigenvalue weighted by atomic mass is 16.2. The van der Waals surface area contributed by atoms with Gasteiger partial charge in [0.1, 0.15) is 0 Å². The summed E-state index contributed by atoms with van der Waals surface area (Å²) in [6.07, 6.45) is 5.41. The van der Waals surface area contributed by atoms with E-state index in [1.54, 1.807) is 6.33 Å². The third-order valence-corrected chi connectivity index (χ3v) is 5.59. The summed E-state index contributed by atoms with van der Waals surface area (Å²) >= 11 is 0. The number of likely N-dealkylation sites (tertiary alicyclic amines) is 1. The van der Waals surface area contributed by atoms with Crippen LogP contribution < -0.4 is 5.32 Å². The van der Waals surface area contributed by atoms with E-state index in [-0.39, 0.29) is 11.9 Å². The van der Waals surface area contributed by atoms with Crippen molar-refractivity contribution < 1.29 is 4.79 Å². The average molecular weight is 385 g/mol. The number of hydrogen-bond donors (Lipinski definition) is 3. The first kappa shape index (κ1) is 17.7. The van der Waals surface area contributed by atoms with Crippen LogP contribution in [0.15, 0.2) is 67.1 Å². The van der Waals surface area contributed by atoms with Crippen molar-refractivity contribution in [2.45, 2.75) is 25.4 Å². The third kappa shape index (κ3) is 3.67. The standard InChI is InChI=1S/C23H23N5O/c29-23(22-6-3-11-28(22)14-19-13-24-15-25-19)26-18-9-7-16(8-10-18)21-12-17-4-1-2-5-20(17)27-21/h1-2,4-5,7-10,12-13,15,22,27H,3,6,11,14H2,(H,24,25)(H,26,29). The van der Waals surface area contributed by atoms with Gasteiger partial charge in [-0.15, -0.1) is 0 Å². The van der Waals surface area contributed by atoms with Crippen LogP contribution in [0.4, 0.5) is 5.69 Å². The molecule has 1 amide bonds. The second-order valence-corrected chi connectivity index (χ2v) is 7.54. The number of nitrogens with zero attached hydrogens (tertiary/aromatic N) is 2. The number of hydrogen-bond acceptors (Lipinski definition) is 3. The van der Waals surface area contributed by atoms with Crippen molar-refractivity contribution in [1.29, 1.82) is 0 Å². The lowest BCUT2D eigenvalue weighted by Gasteiger charge is -2.23. The Kier molecular flexibility index (Phi) is 4.62. The molecule has 6 nitrogen and oxygen atoms in total. The van der Waals surface area contributed by atoms with Gasteiger partial charge >= 0.3 is 0 Å². The van der Waals surface area contributed by atoms with Crippen LogP contribution in [0.1, 0.15) is 18.5 Å². The van der Waals surface area contributed by atoms with Crippen molar-refractivity contribution in [3.63, 3.8) is 0 Å². The van der Waals surface area contributed by atoms with Gasteiger partial charge in [-0.25, -0.2) is 4.98 Å². The first-order valence-corrected chi connectivity index (χ1v) is 9.97. The zero-order valence-electron chi connectivity index (χ0n) is 16.1. The number of amides is 1. The molecule has 2 aromatic carbocycles. The summed E-state index contributed by atoms with van der Waals surface area (Å²) < 4.78 is 0. The van der Waals surface area contributed by atoms with Crippen molar-refractivity contribution in [2.24, 2.45) is 0 Å². The maximum atomic E-state index is 12.8. The van der Waals surface area contributed by atoms with Gasteiger partial charge in [0, 0.05) is 40.7 Å². The quantitative estimate of drug-likeness (QED) is 0.483. The van der Waals surface area contributed by atoms with E-state index in [2.05, 4.69) is 43.4 Å². The number of nitrogens with one attached hydrogen (secondary N) is 3. The molecule has 0 spiro atoms. The van der Waals surface area contributed by atoms with Crippen molar-refractivity contribution >= 4 is 22.5 Å². The lowest BCUT2D eigenvalue weighted by Crippen LogP contribution is -2.39. The van der Waals surface area contributed by atoms with E-state index in [4.69, 9.17) is 0 Å². The largest absolute Gasteiger partial charge is 0.355 e. The Morgan fingerprint density at radius 3 is 2.83 bits per heavy atom. The van der Waals surface area contributed by atoms with Gasteiger partial charge in [0.05, 0.1) is 12.4 Å². The summed E-state index contributed by atoms with van der Waals surface area (Å²) in [6.45, 7) is 1.65. The van der Waals surface area contributed by atoms with Gasteiger partial charge < -0.3 is 15.3 Å². The summed E-state index contributed by atoms with van der Waals surface area (Å²) in [7, 11) is 0. The van der Waals surface area contributed by atoms with Crippen LogP contribution in [0, 0.1) is 0 Å². The summed E-state index contributed by atoms with van der Waals surface area (Å²) in [5.41, 5.74) is 5.15. The zero-order valence-corrected chi connectivity index (χ0v) is 16.1. The molecular weight excluding hydrogens is 362 g/mol. The number of aromatic amines is 2. The fourth-order valence-electron chi connectivity index (χ4n) is 4.09. The molecule has 0 saturated carbocycles. The fraction of sp³-hybridized carbons (Fsp3) is 0.217. The average Bonchev–Trinajstić information content (AvgIpc) is 3.49. The van der Waals surface area contributed by atoms with Crippen LogP contribution in [0.2, 0.25) is 0 Å². The number of benzene rings is 2. The van der Waals surface area contributed by atoms with Gasteiger partial charge in [-0.2, -0.15) is 0 Å². The minimum Gasteiger partial charge on any atom is -0.355 e. The molecule has 0 bridgehead atoms. The molecule has 1 saturated heterocycles. The van der Waals surface area contributed by atoms with Gasteiger partial charge in [-0.1, -0.05) is 30.3 Å². The molecular formula is C23H23N5O. The number of carbonyl (C=O) groups excluding carboxylic acids is 1. The van der Waals surface area contributed by atoms with Crippen LogP contribution >= 0.6 is 0 Å². The van der Waals surface area contributed by atoms with Crippen molar-refractivity contribution in [1.82, 2.24) is 19.9 Å². The number of rotatable bonds is 5. The molecule has 4 aromatic rings. The Hall–Kier alpha value is -3.38. The second-order valence-electron chi connectivity index (χ2n) is 7.54.